The topological polar surface area (TPSA) is 35.2 Å². The summed E-state index contributed by atoms with van der Waals surface area (Å²) in [6.07, 6.45) is 0. The molecule has 2 aromatic carbocycles. The van der Waals surface area contributed by atoms with Crippen molar-refractivity contribution in [1.29, 1.82) is 0 Å². The van der Waals surface area contributed by atoms with Crippen molar-refractivity contribution in [2.24, 2.45) is 5.73 Å². The van der Waals surface area contributed by atoms with Crippen LogP contribution in [0.3, 0.4) is 0 Å². The van der Waals surface area contributed by atoms with Crippen LogP contribution in [0, 0.1) is 18.8 Å². The summed E-state index contributed by atoms with van der Waals surface area (Å²) in [6, 6.07) is 15.9. The van der Waals surface area contributed by atoms with Gasteiger partial charge in [0.05, 0.1) is 0 Å². The van der Waals surface area contributed by atoms with Crippen LogP contribution in [0.25, 0.3) is 0 Å². The van der Waals surface area contributed by atoms with Gasteiger partial charge in [0.25, 0.3) is 0 Å². The third-order valence-electron chi connectivity index (χ3n) is 2.71. The van der Waals surface area contributed by atoms with E-state index >= 15 is 0 Å². The van der Waals surface area contributed by atoms with Gasteiger partial charge in [0.1, 0.15) is 12.4 Å². The van der Waals surface area contributed by atoms with Gasteiger partial charge in [-0.3, -0.25) is 0 Å². The lowest BCUT2D eigenvalue weighted by Crippen LogP contribution is -2.10. The maximum atomic E-state index is 5.48. The minimum Gasteiger partial charge on any atom is -0.492 e. The maximum absolute atomic E-state index is 5.48. The Kier molecular flexibility index (Phi) is 7.71. The van der Waals surface area contributed by atoms with Crippen molar-refractivity contribution in [2.75, 3.05) is 13.2 Å². The van der Waals surface area contributed by atoms with E-state index < -0.39 is 0 Å². The van der Waals surface area contributed by atoms with E-state index in [4.69, 9.17) is 10.5 Å². The van der Waals surface area contributed by atoms with Gasteiger partial charge >= 0.3 is 0 Å². The Morgan fingerprint density at radius 2 is 1.76 bits per heavy atom. The molecule has 0 aliphatic heterocycles. The first-order valence-corrected chi connectivity index (χ1v) is 7.30. The molecule has 0 fully saturated rings. The summed E-state index contributed by atoms with van der Waals surface area (Å²) in [6.45, 7) is 7.10. The zero-order valence-electron chi connectivity index (χ0n) is 13.0. The van der Waals surface area contributed by atoms with E-state index in [0.717, 1.165) is 16.9 Å². The second-order valence-electron chi connectivity index (χ2n) is 4.23. The van der Waals surface area contributed by atoms with Crippen LogP contribution in [-0.4, -0.2) is 13.2 Å². The summed E-state index contributed by atoms with van der Waals surface area (Å²) < 4.78 is 5.48. The fraction of sp³-hybridized carbons (Fsp3) is 0.263. The smallest absolute Gasteiger partial charge is 0.120 e. The van der Waals surface area contributed by atoms with E-state index in [1.54, 1.807) is 0 Å². The van der Waals surface area contributed by atoms with Crippen LogP contribution in [0.15, 0.2) is 48.5 Å². The molecular weight excluding hydrogens is 258 g/mol. The number of aryl methyl sites for hydroxylation is 1. The van der Waals surface area contributed by atoms with E-state index in [0.29, 0.717) is 13.2 Å². The largest absolute Gasteiger partial charge is 0.492 e. The molecule has 0 spiro atoms. The molecule has 2 aromatic rings. The van der Waals surface area contributed by atoms with Gasteiger partial charge in [0.15, 0.2) is 0 Å². The lowest BCUT2D eigenvalue weighted by atomic mass is 10.1. The summed E-state index contributed by atoms with van der Waals surface area (Å²) in [5, 5.41) is 0. The Balaban J connectivity index is 0.00000106. The first kappa shape index (κ1) is 16.8. The van der Waals surface area contributed by atoms with Gasteiger partial charge in [-0.2, -0.15) is 0 Å². The van der Waals surface area contributed by atoms with Crippen LogP contribution in [0.4, 0.5) is 0 Å². The minimum absolute atomic E-state index is 0.513. The lowest BCUT2D eigenvalue weighted by Gasteiger charge is -2.03. The van der Waals surface area contributed by atoms with Gasteiger partial charge in [-0.15, -0.1) is 0 Å². The van der Waals surface area contributed by atoms with Crippen molar-refractivity contribution in [3.8, 4) is 17.6 Å². The van der Waals surface area contributed by atoms with Gasteiger partial charge in [0.2, 0.25) is 0 Å². The van der Waals surface area contributed by atoms with E-state index in [-0.39, 0.29) is 0 Å². The highest BCUT2D eigenvalue weighted by Gasteiger charge is 1.95. The van der Waals surface area contributed by atoms with Gasteiger partial charge in [-0.1, -0.05) is 50.0 Å². The minimum atomic E-state index is 0.513. The SMILES string of the molecule is CC.Cc1ccccc1C#Cc1cccc(OCCN)c1. The molecular formula is C19H23NO. The molecule has 0 saturated carbocycles. The normalized spacial score (nSPS) is 8.95. The Labute approximate surface area is 128 Å². The predicted octanol–water partition coefficient (Wildman–Crippen LogP) is 3.76. The van der Waals surface area contributed by atoms with Crippen molar-refractivity contribution < 1.29 is 4.74 Å². The summed E-state index contributed by atoms with van der Waals surface area (Å²) in [4.78, 5) is 0. The van der Waals surface area contributed by atoms with Gasteiger partial charge in [-0.05, 0) is 36.8 Å². The monoisotopic (exact) mass is 281 g/mol. The molecule has 2 heteroatoms. The molecule has 2 nitrogen and oxygen atoms in total. The van der Waals surface area contributed by atoms with Gasteiger partial charge in [0, 0.05) is 17.7 Å². The fourth-order valence-electron chi connectivity index (χ4n) is 1.69. The van der Waals surface area contributed by atoms with Crippen LogP contribution in [0.5, 0.6) is 5.75 Å². The molecule has 0 amide bonds. The highest BCUT2D eigenvalue weighted by Crippen LogP contribution is 2.12. The maximum Gasteiger partial charge on any atom is 0.120 e. The van der Waals surface area contributed by atoms with Crippen LogP contribution >= 0.6 is 0 Å². The Bertz CT molecular complexity index is 608. The Hall–Kier alpha value is -2.24. The van der Waals surface area contributed by atoms with Crippen molar-refractivity contribution >= 4 is 0 Å². The van der Waals surface area contributed by atoms with Crippen LogP contribution in [0.1, 0.15) is 30.5 Å². The van der Waals surface area contributed by atoms with E-state index in [1.165, 1.54) is 5.56 Å². The summed E-state index contributed by atoms with van der Waals surface area (Å²) in [5.74, 6) is 7.15. The second kappa shape index (κ2) is 9.63. The molecule has 2 rings (SSSR count). The van der Waals surface area contributed by atoms with Gasteiger partial charge < -0.3 is 10.5 Å². The Morgan fingerprint density at radius 1 is 1.00 bits per heavy atom. The van der Waals surface area contributed by atoms with E-state index in [1.807, 2.05) is 56.3 Å². The number of benzene rings is 2. The number of nitrogens with two attached hydrogens (primary N) is 1. The molecule has 0 aliphatic rings. The third kappa shape index (κ3) is 5.72. The molecule has 0 bridgehead atoms. The fourth-order valence-corrected chi connectivity index (χ4v) is 1.69. The summed E-state index contributed by atoms with van der Waals surface area (Å²) in [7, 11) is 0. The van der Waals surface area contributed by atoms with E-state index in [9.17, 15) is 0 Å². The first-order chi connectivity index (χ1) is 10.3. The van der Waals surface area contributed by atoms with E-state index in [2.05, 4.69) is 24.8 Å². The summed E-state index contributed by atoms with van der Waals surface area (Å²) in [5.41, 5.74) is 8.59. The molecule has 0 radical (unpaired) electrons. The molecule has 21 heavy (non-hydrogen) atoms. The Morgan fingerprint density at radius 3 is 2.48 bits per heavy atom. The first-order valence-electron chi connectivity index (χ1n) is 7.30. The molecule has 0 aliphatic carbocycles. The molecule has 0 unspecified atom stereocenters. The third-order valence-corrected chi connectivity index (χ3v) is 2.71. The molecule has 0 saturated heterocycles. The quantitative estimate of drug-likeness (QED) is 0.869. The summed E-state index contributed by atoms with van der Waals surface area (Å²) >= 11 is 0. The van der Waals surface area contributed by atoms with Crippen LogP contribution in [0.2, 0.25) is 0 Å². The highest BCUT2D eigenvalue weighted by molar-refractivity contribution is 5.47. The van der Waals surface area contributed by atoms with Crippen molar-refractivity contribution in [3.05, 3.63) is 65.2 Å². The average molecular weight is 281 g/mol. The van der Waals surface area contributed by atoms with Crippen molar-refractivity contribution in [1.82, 2.24) is 0 Å². The number of ether oxygens (including phenoxy) is 1. The number of hydrogen-bond donors (Lipinski definition) is 1. The second-order valence-corrected chi connectivity index (χ2v) is 4.23. The average Bonchev–Trinajstić information content (AvgIpc) is 2.54. The molecule has 2 N–H and O–H groups in total. The van der Waals surface area contributed by atoms with Crippen LogP contribution in [-0.2, 0) is 0 Å². The van der Waals surface area contributed by atoms with Crippen LogP contribution < -0.4 is 10.5 Å². The molecule has 0 heterocycles. The van der Waals surface area contributed by atoms with Crippen molar-refractivity contribution in [2.45, 2.75) is 20.8 Å². The molecule has 110 valence electrons. The zero-order valence-corrected chi connectivity index (χ0v) is 13.0. The zero-order chi connectivity index (χ0) is 15.5. The number of hydrogen-bond acceptors (Lipinski definition) is 2. The lowest BCUT2D eigenvalue weighted by molar-refractivity contribution is 0.328. The van der Waals surface area contributed by atoms with Gasteiger partial charge in [-0.25, -0.2) is 0 Å². The standard InChI is InChI=1S/C17H17NO.C2H6/c1-14-5-2-3-7-16(14)10-9-15-6-4-8-17(13-15)19-12-11-18;1-2/h2-8,13H,11-12,18H2,1H3;1-2H3. The number of rotatable bonds is 3. The predicted molar refractivity (Wildman–Crippen MR) is 89.5 cm³/mol. The highest BCUT2D eigenvalue weighted by atomic mass is 16.5. The molecule has 0 aromatic heterocycles. The molecule has 0 atom stereocenters. The van der Waals surface area contributed by atoms with Crippen molar-refractivity contribution in [3.63, 3.8) is 0 Å².